The summed E-state index contributed by atoms with van der Waals surface area (Å²) in [7, 11) is 4.58. The zero-order valence-corrected chi connectivity index (χ0v) is 18.4. The van der Waals surface area contributed by atoms with E-state index in [2.05, 4.69) is 11.8 Å². The van der Waals surface area contributed by atoms with Crippen molar-refractivity contribution in [1.29, 1.82) is 0 Å². The highest BCUT2D eigenvalue weighted by Gasteiger charge is 2.23. The highest BCUT2D eigenvalue weighted by Crippen LogP contribution is 2.41. The average molecular weight is 432 g/mol. The van der Waals surface area contributed by atoms with Gasteiger partial charge in [0.25, 0.3) is 0 Å². The Labute approximate surface area is 187 Å². The maximum Gasteiger partial charge on any atom is 0.168 e. The van der Waals surface area contributed by atoms with Gasteiger partial charge in [0.15, 0.2) is 17.8 Å². The zero-order valence-electron chi connectivity index (χ0n) is 18.4. The zero-order chi connectivity index (χ0) is 23.3. The Morgan fingerprint density at radius 1 is 0.875 bits per heavy atom. The molecule has 0 aromatic heterocycles. The largest absolute Gasteiger partial charge is 0.504 e. The number of hydrogen-bond donors (Lipinski definition) is 2. The van der Waals surface area contributed by atoms with E-state index in [1.807, 2.05) is 30.3 Å². The highest BCUT2D eigenvalue weighted by atomic mass is 16.5. The van der Waals surface area contributed by atoms with Gasteiger partial charge in [-0.2, -0.15) is 0 Å². The number of methoxy groups -OCH3 is 3. The van der Waals surface area contributed by atoms with Gasteiger partial charge >= 0.3 is 0 Å². The van der Waals surface area contributed by atoms with Crippen LogP contribution < -0.4 is 14.2 Å². The molecule has 0 heterocycles. The third kappa shape index (κ3) is 4.33. The number of aromatic hydroxyl groups is 2. The molecule has 164 valence electrons. The predicted octanol–water partition coefficient (Wildman–Crippen LogP) is 4.24. The van der Waals surface area contributed by atoms with Crippen LogP contribution in [0.5, 0.6) is 28.7 Å². The van der Waals surface area contributed by atoms with Crippen molar-refractivity contribution in [2.75, 3.05) is 21.3 Å². The molecule has 0 saturated heterocycles. The Bertz CT molecular complexity index is 1180. The second-order valence-electron chi connectivity index (χ2n) is 7.01. The van der Waals surface area contributed by atoms with Gasteiger partial charge in [0.05, 0.1) is 26.9 Å². The van der Waals surface area contributed by atoms with Crippen molar-refractivity contribution in [2.24, 2.45) is 0 Å². The molecule has 0 aliphatic rings. The normalized spacial score (nSPS) is 10.1. The first-order valence-corrected chi connectivity index (χ1v) is 9.83. The van der Waals surface area contributed by atoms with Crippen LogP contribution in [0.3, 0.4) is 0 Å². The number of benzene rings is 3. The molecule has 0 aliphatic heterocycles. The minimum Gasteiger partial charge on any atom is -0.504 e. The molecular weight excluding hydrogens is 408 g/mol. The first-order valence-electron chi connectivity index (χ1n) is 9.83. The molecule has 6 nitrogen and oxygen atoms in total. The van der Waals surface area contributed by atoms with E-state index in [9.17, 15) is 15.0 Å². The van der Waals surface area contributed by atoms with E-state index >= 15 is 0 Å². The molecule has 6 heteroatoms. The van der Waals surface area contributed by atoms with Gasteiger partial charge in [0.2, 0.25) is 0 Å². The van der Waals surface area contributed by atoms with E-state index in [-0.39, 0.29) is 17.7 Å². The average Bonchev–Trinajstić information content (AvgIpc) is 2.83. The number of rotatable bonds is 6. The first kappa shape index (κ1) is 22.6. The van der Waals surface area contributed by atoms with Gasteiger partial charge in [-0.25, -0.2) is 0 Å². The Morgan fingerprint density at radius 2 is 1.50 bits per heavy atom. The van der Waals surface area contributed by atoms with Crippen LogP contribution in [0.25, 0.3) is 0 Å². The molecule has 0 aliphatic carbocycles. The standard InChI is InChI=1S/C26H24O6/c1-16-19(11-10-17-8-6-5-7-9-17)20(22(15-27)26(29)25(16)28)14-21-23(31-3)12-18(30-2)13-24(21)32-4/h5-9,12-13,15,28-29H,14H2,1-4H3. The molecule has 0 bridgehead atoms. The van der Waals surface area contributed by atoms with E-state index in [1.165, 1.54) is 21.3 Å². The Hall–Kier alpha value is -4.11. The van der Waals surface area contributed by atoms with E-state index in [0.717, 1.165) is 5.56 Å². The number of carbonyl (C=O) groups is 1. The van der Waals surface area contributed by atoms with Gasteiger partial charge in [0.1, 0.15) is 17.2 Å². The van der Waals surface area contributed by atoms with Crippen LogP contribution in [-0.2, 0) is 6.42 Å². The topological polar surface area (TPSA) is 85.2 Å². The Balaban J connectivity index is 2.27. The minimum absolute atomic E-state index is 0.0367. The fourth-order valence-corrected chi connectivity index (χ4v) is 3.49. The van der Waals surface area contributed by atoms with Crippen molar-refractivity contribution in [3.63, 3.8) is 0 Å². The molecule has 0 spiro atoms. The van der Waals surface area contributed by atoms with Crippen LogP contribution in [0.15, 0.2) is 42.5 Å². The summed E-state index contributed by atoms with van der Waals surface area (Å²) in [4.78, 5) is 11.9. The molecule has 3 rings (SSSR count). The number of phenols is 2. The molecule has 0 saturated carbocycles. The van der Waals surface area contributed by atoms with Crippen LogP contribution in [0, 0.1) is 18.8 Å². The summed E-state index contributed by atoms with van der Waals surface area (Å²) in [6, 6.07) is 12.8. The van der Waals surface area contributed by atoms with Gasteiger partial charge in [-0.3, -0.25) is 4.79 Å². The van der Waals surface area contributed by atoms with Crippen molar-refractivity contribution in [1.82, 2.24) is 0 Å². The van der Waals surface area contributed by atoms with Gasteiger partial charge in [0, 0.05) is 40.8 Å². The molecule has 2 N–H and O–H groups in total. The number of hydrogen-bond acceptors (Lipinski definition) is 6. The number of ether oxygens (including phenoxy) is 3. The highest BCUT2D eigenvalue weighted by molar-refractivity contribution is 5.86. The van der Waals surface area contributed by atoms with Crippen molar-refractivity contribution < 1.29 is 29.2 Å². The Morgan fingerprint density at radius 3 is 2.03 bits per heavy atom. The lowest BCUT2D eigenvalue weighted by atomic mass is 9.90. The molecule has 0 radical (unpaired) electrons. The van der Waals surface area contributed by atoms with Gasteiger partial charge < -0.3 is 24.4 Å². The van der Waals surface area contributed by atoms with Crippen LogP contribution in [-0.4, -0.2) is 37.8 Å². The van der Waals surface area contributed by atoms with Gasteiger partial charge in [-0.15, -0.1) is 0 Å². The SMILES string of the molecule is COc1cc(OC)c(Cc2c(C#Cc3ccccc3)c(C)c(O)c(O)c2C=O)c(OC)c1. The van der Waals surface area contributed by atoms with Crippen LogP contribution >= 0.6 is 0 Å². The van der Waals surface area contributed by atoms with E-state index < -0.39 is 5.75 Å². The quantitative estimate of drug-likeness (QED) is 0.344. The van der Waals surface area contributed by atoms with Crippen molar-refractivity contribution >= 4 is 6.29 Å². The van der Waals surface area contributed by atoms with Crippen LogP contribution in [0.2, 0.25) is 0 Å². The molecular formula is C26H24O6. The summed E-state index contributed by atoms with van der Waals surface area (Å²) in [6.45, 7) is 1.64. The predicted molar refractivity (Wildman–Crippen MR) is 121 cm³/mol. The van der Waals surface area contributed by atoms with E-state index in [0.29, 0.717) is 45.8 Å². The number of aldehydes is 1. The molecule has 0 unspecified atom stereocenters. The second-order valence-corrected chi connectivity index (χ2v) is 7.01. The third-order valence-corrected chi connectivity index (χ3v) is 5.23. The molecule has 0 amide bonds. The number of carbonyl (C=O) groups excluding carboxylic acids is 1. The van der Waals surface area contributed by atoms with Gasteiger partial charge in [-0.1, -0.05) is 30.0 Å². The molecule has 32 heavy (non-hydrogen) atoms. The summed E-state index contributed by atoms with van der Waals surface area (Å²) in [5.41, 5.74) is 2.66. The summed E-state index contributed by atoms with van der Waals surface area (Å²) in [6.07, 6.45) is 0.678. The smallest absolute Gasteiger partial charge is 0.168 e. The number of phenolic OH excluding ortho intramolecular Hbond substituents is 2. The fraction of sp³-hybridized carbons (Fsp3) is 0.192. The van der Waals surface area contributed by atoms with E-state index in [4.69, 9.17) is 14.2 Å². The van der Waals surface area contributed by atoms with Crippen LogP contribution in [0.1, 0.15) is 38.2 Å². The van der Waals surface area contributed by atoms with Crippen molar-refractivity contribution in [2.45, 2.75) is 13.3 Å². The summed E-state index contributed by atoms with van der Waals surface area (Å²) in [5, 5.41) is 20.9. The monoisotopic (exact) mass is 432 g/mol. The maximum absolute atomic E-state index is 11.9. The fourth-order valence-electron chi connectivity index (χ4n) is 3.49. The Kier molecular flexibility index (Phi) is 6.91. The molecule has 3 aromatic carbocycles. The van der Waals surface area contributed by atoms with Crippen molar-refractivity contribution in [3.05, 3.63) is 75.8 Å². The lowest BCUT2D eigenvalue weighted by Gasteiger charge is -2.19. The van der Waals surface area contributed by atoms with Crippen molar-refractivity contribution in [3.8, 4) is 40.6 Å². The third-order valence-electron chi connectivity index (χ3n) is 5.23. The summed E-state index contributed by atoms with van der Waals surface area (Å²) < 4.78 is 16.4. The minimum atomic E-state index is -0.482. The van der Waals surface area contributed by atoms with Gasteiger partial charge in [-0.05, 0) is 24.6 Å². The summed E-state index contributed by atoms with van der Waals surface area (Å²) in [5.74, 6) is 6.81. The first-order chi connectivity index (χ1) is 15.4. The summed E-state index contributed by atoms with van der Waals surface area (Å²) >= 11 is 0. The van der Waals surface area contributed by atoms with Crippen LogP contribution in [0.4, 0.5) is 0 Å². The molecule has 3 aromatic rings. The maximum atomic E-state index is 11.9. The van der Waals surface area contributed by atoms with E-state index in [1.54, 1.807) is 19.1 Å². The second kappa shape index (κ2) is 9.80. The molecule has 0 atom stereocenters. The lowest BCUT2D eigenvalue weighted by molar-refractivity contribution is 0.111. The lowest BCUT2D eigenvalue weighted by Crippen LogP contribution is -2.05. The molecule has 0 fully saturated rings.